The van der Waals surface area contributed by atoms with Crippen molar-refractivity contribution in [2.24, 2.45) is 0 Å². The van der Waals surface area contributed by atoms with Crippen LogP contribution in [0.3, 0.4) is 0 Å². The minimum absolute atomic E-state index is 0.101. The molecule has 1 fully saturated rings. The quantitative estimate of drug-likeness (QED) is 0.641. The Bertz CT molecular complexity index is 721. The summed E-state index contributed by atoms with van der Waals surface area (Å²) in [4.78, 5) is 44.1. The predicted molar refractivity (Wildman–Crippen MR) is 77.5 cm³/mol. The fourth-order valence-electron chi connectivity index (χ4n) is 2.32. The molecule has 1 aromatic carbocycles. The second kappa shape index (κ2) is 5.47. The summed E-state index contributed by atoms with van der Waals surface area (Å²) in [5, 5.41) is 4.77. The van der Waals surface area contributed by atoms with Crippen LogP contribution in [-0.2, 0) is 20.9 Å². The van der Waals surface area contributed by atoms with Gasteiger partial charge in [-0.3, -0.25) is 14.4 Å². The van der Waals surface area contributed by atoms with E-state index in [-0.39, 0.29) is 19.0 Å². The highest BCUT2D eigenvalue weighted by Gasteiger charge is 2.34. The lowest BCUT2D eigenvalue weighted by Crippen LogP contribution is -2.61. The zero-order valence-corrected chi connectivity index (χ0v) is 11.9. The fourth-order valence-corrected chi connectivity index (χ4v) is 2.32. The molecule has 1 atom stereocenters. The minimum atomic E-state index is -1.18. The molecule has 1 aliphatic heterocycles. The lowest BCUT2D eigenvalue weighted by Gasteiger charge is -2.26. The number of aromatic nitrogens is 2. The highest BCUT2D eigenvalue weighted by atomic mass is 16.2. The Hall–Kier alpha value is -2.90. The van der Waals surface area contributed by atoms with E-state index < -0.39 is 17.9 Å². The van der Waals surface area contributed by atoms with Gasteiger partial charge in [0.2, 0.25) is 5.91 Å². The molecule has 22 heavy (non-hydrogen) atoms. The Morgan fingerprint density at radius 3 is 2.91 bits per heavy atom. The summed E-state index contributed by atoms with van der Waals surface area (Å²) in [6, 6.07) is 6.34. The number of rotatable bonds is 3. The molecule has 0 radical (unpaired) electrons. The molecule has 3 amide bonds. The lowest BCUT2D eigenvalue weighted by molar-refractivity contribution is -0.144. The molecule has 3 N–H and O–H groups in total. The van der Waals surface area contributed by atoms with E-state index in [2.05, 4.69) is 20.6 Å². The second-order valence-electron chi connectivity index (χ2n) is 5.11. The van der Waals surface area contributed by atoms with Crippen molar-refractivity contribution in [1.82, 2.24) is 25.5 Å². The number of para-hydroxylation sites is 2. The summed E-state index contributed by atoms with van der Waals surface area (Å²) in [5.74, 6) is -0.748. The van der Waals surface area contributed by atoms with Crippen LogP contribution in [0.4, 0.5) is 0 Å². The van der Waals surface area contributed by atoms with E-state index in [0.717, 1.165) is 11.0 Å². The maximum Gasteiger partial charge on any atom is 0.255 e. The van der Waals surface area contributed by atoms with Gasteiger partial charge in [0.05, 0.1) is 24.1 Å². The van der Waals surface area contributed by atoms with Gasteiger partial charge in [-0.1, -0.05) is 12.1 Å². The summed E-state index contributed by atoms with van der Waals surface area (Å²) >= 11 is 0. The van der Waals surface area contributed by atoms with Crippen molar-refractivity contribution in [2.45, 2.75) is 12.6 Å². The zero-order chi connectivity index (χ0) is 15.7. The molecule has 1 aliphatic rings. The Labute approximate surface area is 125 Å². The molecule has 2 heterocycles. The summed E-state index contributed by atoms with van der Waals surface area (Å²) in [7, 11) is 1.56. The van der Waals surface area contributed by atoms with Crippen molar-refractivity contribution in [1.29, 1.82) is 0 Å². The first-order chi connectivity index (χ1) is 10.5. The van der Waals surface area contributed by atoms with Gasteiger partial charge in [0.1, 0.15) is 5.82 Å². The second-order valence-corrected chi connectivity index (χ2v) is 5.11. The summed E-state index contributed by atoms with van der Waals surface area (Å²) < 4.78 is 0. The normalized spacial score (nSPS) is 18.0. The number of piperazine rings is 1. The third-order valence-electron chi connectivity index (χ3n) is 3.44. The average molecular weight is 301 g/mol. The molecule has 0 unspecified atom stereocenters. The molecule has 114 valence electrons. The first kappa shape index (κ1) is 14.1. The molecule has 3 rings (SSSR count). The Kier molecular flexibility index (Phi) is 3.50. The molecule has 1 aromatic heterocycles. The average Bonchev–Trinajstić information content (AvgIpc) is 2.91. The molecule has 0 aliphatic carbocycles. The molecular weight excluding hydrogens is 286 g/mol. The number of fused-ring (bicyclic) bond motifs is 1. The Morgan fingerprint density at radius 1 is 1.36 bits per heavy atom. The van der Waals surface area contributed by atoms with Gasteiger partial charge in [0.25, 0.3) is 11.8 Å². The fraction of sp³-hybridized carbons (Fsp3) is 0.286. The number of hydrogen-bond donors (Lipinski definition) is 3. The topological polar surface area (TPSA) is 107 Å². The molecule has 0 saturated carbocycles. The Morgan fingerprint density at radius 2 is 2.14 bits per heavy atom. The van der Waals surface area contributed by atoms with Crippen molar-refractivity contribution in [2.75, 3.05) is 13.6 Å². The maximum absolute atomic E-state index is 12.3. The van der Waals surface area contributed by atoms with Crippen LogP contribution in [0.5, 0.6) is 0 Å². The number of hydrogen-bond acceptors (Lipinski definition) is 4. The molecule has 0 bridgehead atoms. The number of carbonyl (C=O) groups is 3. The third-order valence-corrected chi connectivity index (χ3v) is 3.44. The number of carbonyl (C=O) groups excluding carboxylic acids is 3. The molecule has 8 nitrogen and oxygen atoms in total. The van der Waals surface area contributed by atoms with Crippen LogP contribution < -0.4 is 10.6 Å². The van der Waals surface area contributed by atoms with Gasteiger partial charge < -0.3 is 20.5 Å². The smallest absolute Gasteiger partial charge is 0.255 e. The molecule has 1 saturated heterocycles. The van der Waals surface area contributed by atoms with E-state index in [0.29, 0.717) is 5.82 Å². The SMILES string of the molecule is CN(Cc1nc2ccccc2[nH]1)C(=O)[C@@H]1NC(=O)CNC1=O. The third kappa shape index (κ3) is 2.62. The van der Waals surface area contributed by atoms with Crippen molar-refractivity contribution in [3.63, 3.8) is 0 Å². The predicted octanol–water partition coefficient (Wildman–Crippen LogP) is -0.864. The van der Waals surface area contributed by atoms with Crippen LogP contribution in [0.2, 0.25) is 0 Å². The summed E-state index contributed by atoms with van der Waals surface area (Å²) in [6.45, 7) is 0.114. The monoisotopic (exact) mass is 301 g/mol. The maximum atomic E-state index is 12.3. The number of benzene rings is 1. The van der Waals surface area contributed by atoms with Crippen LogP contribution in [0.15, 0.2) is 24.3 Å². The van der Waals surface area contributed by atoms with E-state index in [9.17, 15) is 14.4 Å². The van der Waals surface area contributed by atoms with Crippen LogP contribution in [0.1, 0.15) is 5.82 Å². The van der Waals surface area contributed by atoms with Gasteiger partial charge >= 0.3 is 0 Å². The van der Waals surface area contributed by atoms with Crippen molar-refractivity contribution in [3.8, 4) is 0 Å². The van der Waals surface area contributed by atoms with E-state index in [4.69, 9.17) is 0 Å². The van der Waals surface area contributed by atoms with E-state index in [1.807, 2.05) is 24.3 Å². The van der Waals surface area contributed by atoms with E-state index in [1.54, 1.807) is 7.05 Å². The number of H-pyrrole nitrogens is 1. The lowest BCUT2D eigenvalue weighted by atomic mass is 10.2. The molecule has 0 spiro atoms. The standard InChI is InChI=1S/C14H15N5O3/c1-19(14(22)12-13(21)15-6-11(20)18-12)7-10-16-8-4-2-3-5-9(8)17-10/h2-5,12H,6-7H2,1H3,(H,15,21)(H,16,17)(H,18,20)/t12-/m1/s1. The first-order valence-electron chi connectivity index (χ1n) is 6.80. The number of amides is 3. The number of nitrogens with zero attached hydrogens (tertiary/aromatic N) is 2. The van der Waals surface area contributed by atoms with Gasteiger partial charge in [-0.25, -0.2) is 4.98 Å². The highest BCUT2D eigenvalue weighted by molar-refractivity contribution is 6.09. The van der Waals surface area contributed by atoms with Crippen molar-refractivity contribution >= 4 is 28.8 Å². The zero-order valence-electron chi connectivity index (χ0n) is 11.9. The largest absolute Gasteiger partial charge is 0.345 e. The minimum Gasteiger partial charge on any atom is -0.345 e. The van der Waals surface area contributed by atoms with E-state index in [1.165, 1.54) is 4.90 Å². The highest BCUT2D eigenvalue weighted by Crippen LogP contribution is 2.11. The first-order valence-corrected chi connectivity index (χ1v) is 6.80. The van der Waals surface area contributed by atoms with Crippen molar-refractivity contribution in [3.05, 3.63) is 30.1 Å². The Balaban J connectivity index is 1.72. The van der Waals surface area contributed by atoms with Crippen LogP contribution in [0.25, 0.3) is 11.0 Å². The number of imidazole rings is 1. The number of likely N-dealkylation sites (N-methyl/N-ethyl adjacent to an activating group) is 1. The van der Waals surface area contributed by atoms with Gasteiger partial charge in [-0.05, 0) is 12.1 Å². The number of aromatic amines is 1. The molecule has 2 aromatic rings. The van der Waals surface area contributed by atoms with Gasteiger partial charge in [-0.2, -0.15) is 0 Å². The van der Waals surface area contributed by atoms with Gasteiger partial charge in [0, 0.05) is 7.05 Å². The van der Waals surface area contributed by atoms with E-state index >= 15 is 0 Å². The van der Waals surface area contributed by atoms with Crippen LogP contribution in [0, 0.1) is 0 Å². The van der Waals surface area contributed by atoms with Crippen molar-refractivity contribution < 1.29 is 14.4 Å². The molecular formula is C14H15N5O3. The summed E-state index contributed by atoms with van der Waals surface area (Å²) in [5.41, 5.74) is 1.68. The number of nitrogens with one attached hydrogen (secondary N) is 3. The van der Waals surface area contributed by atoms with Gasteiger partial charge in [-0.15, -0.1) is 0 Å². The van der Waals surface area contributed by atoms with Crippen LogP contribution in [-0.4, -0.2) is 52.2 Å². The summed E-state index contributed by atoms with van der Waals surface area (Å²) in [6.07, 6.45) is 0. The van der Waals surface area contributed by atoms with Crippen LogP contribution >= 0.6 is 0 Å². The van der Waals surface area contributed by atoms with Gasteiger partial charge in [0.15, 0.2) is 6.04 Å². The molecule has 8 heteroatoms.